The Bertz CT molecular complexity index is 1320. The molecule has 3 saturated heterocycles. The lowest BCUT2D eigenvalue weighted by Gasteiger charge is -2.65. The van der Waals surface area contributed by atoms with E-state index >= 15 is 0 Å². The van der Waals surface area contributed by atoms with Crippen molar-refractivity contribution < 1.29 is 64.2 Å². The van der Waals surface area contributed by atoms with Crippen molar-refractivity contribution >= 4 is 0 Å². The quantitative estimate of drug-likeness (QED) is 0.192. The molecule has 0 aromatic rings. The Labute approximate surface area is 300 Å². The Kier molecular flexibility index (Phi) is 9.16. The van der Waals surface area contributed by atoms with Crippen LogP contribution in [0.1, 0.15) is 86.0 Å². The van der Waals surface area contributed by atoms with Crippen molar-refractivity contribution in [2.45, 2.75) is 166 Å². The van der Waals surface area contributed by atoms with Crippen molar-refractivity contribution in [3.8, 4) is 0 Å². The molecule has 0 radical (unpaired) electrons. The third-order valence-corrected chi connectivity index (χ3v) is 16.7. The maximum absolute atomic E-state index is 11.2. The molecule has 0 aromatic heterocycles. The second-order valence-electron chi connectivity index (χ2n) is 19.0. The van der Waals surface area contributed by atoms with E-state index in [9.17, 15) is 35.7 Å². The molecule has 8 fully saturated rings. The number of hydrogen-bond acceptors (Lipinski definition) is 13. The van der Waals surface area contributed by atoms with Crippen LogP contribution in [0.2, 0.25) is 0 Å². The zero-order valence-corrected chi connectivity index (χ0v) is 31.0. The van der Waals surface area contributed by atoms with Crippen LogP contribution in [-0.4, -0.2) is 136 Å². The third-order valence-electron chi connectivity index (χ3n) is 16.7. The van der Waals surface area contributed by atoms with Crippen molar-refractivity contribution in [2.75, 3.05) is 20.3 Å². The molecule has 51 heavy (non-hydrogen) atoms. The van der Waals surface area contributed by atoms with Gasteiger partial charge in [-0.15, -0.1) is 0 Å². The molecule has 292 valence electrons. The number of fused-ring (bicyclic) bond motifs is 4. The van der Waals surface area contributed by atoms with E-state index in [2.05, 4.69) is 34.6 Å². The standard InChI is InChI=1S/C38H62O13/c1-17-11-24(46-6)48-20-13-36(5)31-19(49-33-30(45)28(43)27(42)21(14-39)50-33)12-22-34(2,3)23(51-32-29(44)26(41)18(40)15-47-32)7-8-37(22)16-38(31,37)10-9-35(36,4)25(17)20/h17-33,39-45H,7-16H2,1-6H3/t17-,18-,19+,20+,21-,22+,23+,24+,25+,26+,27-,28+,29-,30-,31+,32+,33-,35-,36+,37-,38+/m1/s1. The van der Waals surface area contributed by atoms with E-state index in [1.807, 2.05) is 0 Å². The molecule has 3 aliphatic heterocycles. The minimum Gasteiger partial charge on any atom is -0.394 e. The van der Waals surface area contributed by atoms with Gasteiger partial charge in [0.25, 0.3) is 0 Å². The van der Waals surface area contributed by atoms with Crippen LogP contribution in [-0.2, 0) is 28.4 Å². The zero-order valence-electron chi connectivity index (χ0n) is 31.0. The molecule has 5 aliphatic carbocycles. The first-order valence-electron chi connectivity index (χ1n) is 19.4. The minimum atomic E-state index is -1.54. The van der Waals surface area contributed by atoms with Crippen molar-refractivity contribution in [3.63, 3.8) is 0 Å². The summed E-state index contributed by atoms with van der Waals surface area (Å²) in [6.45, 7) is 11.0. The van der Waals surface area contributed by atoms with Crippen LogP contribution in [0.3, 0.4) is 0 Å². The summed E-state index contributed by atoms with van der Waals surface area (Å²) in [5, 5.41) is 73.8. The number of ether oxygens (including phenoxy) is 6. The fraction of sp³-hybridized carbons (Fsp3) is 1.00. The second-order valence-corrected chi connectivity index (χ2v) is 19.0. The van der Waals surface area contributed by atoms with Crippen LogP contribution in [0, 0.1) is 50.7 Å². The third kappa shape index (κ3) is 5.06. The molecular weight excluding hydrogens is 664 g/mol. The summed E-state index contributed by atoms with van der Waals surface area (Å²) in [6.07, 6.45) is -5.55. The molecule has 2 spiro atoms. The predicted molar refractivity (Wildman–Crippen MR) is 178 cm³/mol. The zero-order chi connectivity index (χ0) is 36.6. The molecule has 5 saturated carbocycles. The van der Waals surface area contributed by atoms with Crippen molar-refractivity contribution in [1.29, 1.82) is 0 Å². The molecule has 13 heteroatoms. The second kappa shape index (κ2) is 12.5. The Morgan fingerprint density at radius 3 is 2.20 bits per heavy atom. The molecule has 0 aromatic carbocycles. The summed E-state index contributed by atoms with van der Waals surface area (Å²) >= 11 is 0. The van der Waals surface area contributed by atoms with Crippen LogP contribution < -0.4 is 0 Å². The first-order chi connectivity index (χ1) is 24.0. The van der Waals surface area contributed by atoms with Crippen LogP contribution in [0.25, 0.3) is 0 Å². The average Bonchev–Trinajstić information content (AvgIpc) is 3.67. The molecule has 0 bridgehead atoms. The fourth-order valence-corrected chi connectivity index (χ4v) is 14.1. The van der Waals surface area contributed by atoms with E-state index in [1.165, 1.54) is 0 Å². The van der Waals surface area contributed by atoms with Gasteiger partial charge in [-0.3, -0.25) is 0 Å². The van der Waals surface area contributed by atoms with Gasteiger partial charge in [0.2, 0.25) is 0 Å². The van der Waals surface area contributed by atoms with Gasteiger partial charge in [0.1, 0.15) is 42.7 Å². The van der Waals surface area contributed by atoms with Gasteiger partial charge in [-0.25, -0.2) is 0 Å². The highest BCUT2D eigenvalue weighted by Crippen LogP contribution is 2.89. The monoisotopic (exact) mass is 726 g/mol. The Morgan fingerprint density at radius 2 is 1.49 bits per heavy atom. The van der Waals surface area contributed by atoms with E-state index in [1.54, 1.807) is 7.11 Å². The minimum absolute atomic E-state index is 0.0254. The molecule has 8 aliphatic rings. The maximum Gasteiger partial charge on any atom is 0.186 e. The van der Waals surface area contributed by atoms with E-state index in [-0.39, 0.29) is 58.6 Å². The van der Waals surface area contributed by atoms with E-state index < -0.39 is 73.4 Å². The van der Waals surface area contributed by atoms with Gasteiger partial charge in [0.15, 0.2) is 18.9 Å². The van der Waals surface area contributed by atoms with Gasteiger partial charge in [-0.05, 0) is 95.7 Å². The largest absolute Gasteiger partial charge is 0.394 e. The highest BCUT2D eigenvalue weighted by molar-refractivity contribution is 5.33. The molecule has 0 unspecified atom stereocenters. The van der Waals surface area contributed by atoms with Crippen molar-refractivity contribution in [1.82, 2.24) is 0 Å². The maximum atomic E-state index is 11.2. The van der Waals surface area contributed by atoms with Gasteiger partial charge < -0.3 is 64.2 Å². The Hall–Kier alpha value is -0.520. The van der Waals surface area contributed by atoms with Crippen LogP contribution in [0.5, 0.6) is 0 Å². The van der Waals surface area contributed by atoms with Crippen molar-refractivity contribution in [3.05, 3.63) is 0 Å². The Balaban J connectivity index is 1.16. The average molecular weight is 727 g/mol. The predicted octanol–water partition coefficient (Wildman–Crippen LogP) is 1.05. The first kappa shape index (κ1) is 37.4. The highest BCUT2D eigenvalue weighted by atomic mass is 16.7. The number of methoxy groups -OCH3 is 1. The summed E-state index contributed by atoms with van der Waals surface area (Å²) < 4.78 is 37.7. The summed E-state index contributed by atoms with van der Waals surface area (Å²) in [5.74, 6) is 0.967. The first-order valence-corrected chi connectivity index (χ1v) is 19.4. The normalized spacial score (nSPS) is 60.3. The number of hydrogen-bond donors (Lipinski definition) is 7. The van der Waals surface area contributed by atoms with Gasteiger partial charge in [-0.2, -0.15) is 0 Å². The number of rotatable bonds is 6. The summed E-state index contributed by atoms with van der Waals surface area (Å²) in [7, 11) is 1.71. The number of aliphatic hydroxyl groups excluding tert-OH is 7. The smallest absolute Gasteiger partial charge is 0.186 e. The van der Waals surface area contributed by atoms with E-state index in [4.69, 9.17) is 28.4 Å². The summed E-state index contributed by atoms with van der Waals surface area (Å²) in [5.41, 5.74) is -0.682. The summed E-state index contributed by atoms with van der Waals surface area (Å²) in [4.78, 5) is 0. The highest BCUT2D eigenvalue weighted by Gasteiger charge is 2.85. The van der Waals surface area contributed by atoms with E-state index in [0.29, 0.717) is 18.3 Å². The van der Waals surface area contributed by atoms with Gasteiger partial charge in [0, 0.05) is 13.5 Å². The van der Waals surface area contributed by atoms with Gasteiger partial charge in [0.05, 0.1) is 31.5 Å². The van der Waals surface area contributed by atoms with Gasteiger partial charge in [-0.1, -0.05) is 34.6 Å². The molecule has 8 rings (SSSR count). The lowest BCUT2D eigenvalue weighted by molar-refractivity contribution is -0.335. The van der Waals surface area contributed by atoms with Crippen molar-refractivity contribution in [2.24, 2.45) is 50.7 Å². The number of aliphatic hydroxyl groups is 7. The van der Waals surface area contributed by atoms with Crippen LogP contribution in [0.15, 0.2) is 0 Å². The molecule has 13 nitrogen and oxygen atoms in total. The van der Waals surface area contributed by atoms with E-state index in [0.717, 1.165) is 44.9 Å². The molecular formula is C38H62O13. The van der Waals surface area contributed by atoms with Crippen LogP contribution >= 0.6 is 0 Å². The lowest BCUT2D eigenvalue weighted by Crippen LogP contribution is -2.65. The topological polar surface area (TPSA) is 197 Å². The molecule has 21 atom stereocenters. The summed E-state index contributed by atoms with van der Waals surface area (Å²) in [6, 6.07) is 0. The molecule has 3 heterocycles. The fourth-order valence-electron chi connectivity index (χ4n) is 14.1. The molecule has 7 N–H and O–H groups in total. The SMILES string of the molecule is CO[C@@H]1C[C@@H](C)[C@H]2[C@H](C[C@@]3(C)[C@@H]4[C@@H](O[C@@H]5O[C@H](CO)[C@@H](O)[C@H](O)[C@H]5O)C[C@H]5C(C)(C)[C@@H](O[C@@H]6OC[C@@H](O)[C@H](O)[C@H]6O)CC[C@@]56C[C@@]46CC[C@]23C)O1. The van der Waals surface area contributed by atoms with Crippen LogP contribution in [0.4, 0.5) is 0 Å². The molecule has 0 amide bonds. The van der Waals surface area contributed by atoms with Gasteiger partial charge >= 0.3 is 0 Å². The lowest BCUT2D eigenvalue weighted by atomic mass is 9.41. The Morgan fingerprint density at radius 1 is 0.765 bits per heavy atom.